The molecule has 1 aliphatic heterocycles. The maximum absolute atomic E-state index is 13.3. The Labute approximate surface area is 182 Å². The second kappa shape index (κ2) is 9.79. The number of likely N-dealkylation sites (tertiary alicyclic amines) is 1. The van der Waals surface area contributed by atoms with E-state index in [2.05, 4.69) is 34.1 Å². The number of hydrogen-bond donors (Lipinski definition) is 0. The Morgan fingerprint density at radius 2 is 1.77 bits per heavy atom. The predicted molar refractivity (Wildman–Crippen MR) is 120 cm³/mol. The SMILES string of the molecule is CCC(=O)N(c1cncc(-c2ccc(F)cc2)n1)C1CCN(Cc2ccccc2)CC1. The Kier molecular flexibility index (Phi) is 6.67. The first-order valence-corrected chi connectivity index (χ1v) is 10.8. The van der Waals surface area contributed by atoms with Gasteiger partial charge in [0.25, 0.3) is 0 Å². The first kappa shape index (κ1) is 21.1. The van der Waals surface area contributed by atoms with E-state index in [0.717, 1.165) is 38.0 Å². The zero-order valence-electron chi connectivity index (χ0n) is 17.7. The van der Waals surface area contributed by atoms with Gasteiger partial charge >= 0.3 is 0 Å². The predicted octanol–water partition coefficient (Wildman–Crippen LogP) is 4.69. The minimum absolute atomic E-state index is 0.0482. The highest BCUT2D eigenvalue weighted by atomic mass is 19.1. The highest BCUT2D eigenvalue weighted by Gasteiger charge is 2.29. The number of nitrogens with zero attached hydrogens (tertiary/aromatic N) is 4. The molecule has 1 aromatic heterocycles. The summed E-state index contributed by atoms with van der Waals surface area (Å²) in [5, 5.41) is 0. The van der Waals surface area contributed by atoms with Crippen molar-refractivity contribution in [3.63, 3.8) is 0 Å². The molecule has 2 heterocycles. The normalized spacial score (nSPS) is 15.0. The number of halogens is 1. The van der Waals surface area contributed by atoms with Crippen LogP contribution >= 0.6 is 0 Å². The lowest BCUT2D eigenvalue weighted by Crippen LogP contribution is -2.47. The van der Waals surface area contributed by atoms with E-state index < -0.39 is 0 Å². The Morgan fingerprint density at radius 1 is 1.06 bits per heavy atom. The van der Waals surface area contributed by atoms with E-state index in [4.69, 9.17) is 4.98 Å². The minimum Gasteiger partial charge on any atom is -0.299 e. The molecule has 0 N–H and O–H groups in total. The van der Waals surface area contributed by atoms with Gasteiger partial charge in [-0.3, -0.25) is 19.6 Å². The number of amides is 1. The Bertz CT molecular complexity index is 1000. The molecule has 0 saturated carbocycles. The summed E-state index contributed by atoms with van der Waals surface area (Å²) in [6.07, 6.45) is 5.49. The maximum Gasteiger partial charge on any atom is 0.228 e. The molecule has 0 spiro atoms. The third-order valence-corrected chi connectivity index (χ3v) is 5.75. The van der Waals surface area contributed by atoms with Crippen molar-refractivity contribution < 1.29 is 9.18 Å². The van der Waals surface area contributed by atoms with Gasteiger partial charge in [0.1, 0.15) is 5.82 Å². The fourth-order valence-corrected chi connectivity index (χ4v) is 4.10. The summed E-state index contributed by atoms with van der Waals surface area (Å²) in [5.74, 6) is 0.320. The van der Waals surface area contributed by atoms with Gasteiger partial charge in [-0.25, -0.2) is 9.37 Å². The molecule has 5 nitrogen and oxygen atoms in total. The molecule has 1 aliphatic rings. The zero-order chi connectivity index (χ0) is 21.6. The number of rotatable bonds is 6. The van der Waals surface area contributed by atoms with Crippen molar-refractivity contribution in [2.75, 3.05) is 18.0 Å². The summed E-state index contributed by atoms with van der Waals surface area (Å²) in [6.45, 7) is 4.66. The molecule has 0 unspecified atom stereocenters. The van der Waals surface area contributed by atoms with Crippen molar-refractivity contribution in [1.82, 2.24) is 14.9 Å². The third kappa shape index (κ3) is 5.14. The van der Waals surface area contributed by atoms with Gasteiger partial charge in [-0.05, 0) is 42.7 Å². The van der Waals surface area contributed by atoms with Crippen LogP contribution in [0.15, 0.2) is 67.0 Å². The number of piperidine rings is 1. The van der Waals surface area contributed by atoms with Crippen LogP contribution in [0.25, 0.3) is 11.3 Å². The summed E-state index contributed by atoms with van der Waals surface area (Å²) < 4.78 is 13.3. The average molecular weight is 419 g/mol. The van der Waals surface area contributed by atoms with Crippen LogP contribution in [0, 0.1) is 5.82 Å². The van der Waals surface area contributed by atoms with Gasteiger partial charge in [0, 0.05) is 37.7 Å². The van der Waals surface area contributed by atoms with Crippen LogP contribution < -0.4 is 4.90 Å². The van der Waals surface area contributed by atoms with Gasteiger partial charge in [0.15, 0.2) is 5.82 Å². The van der Waals surface area contributed by atoms with Crippen molar-refractivity contribution in [3.8, 4) is 11.3 Å². The Morgan fingerprint density at radius 3 is 2.45 bits per heavy atom. The molecule has 0 atom stereocenters. The largest absolute Gasteiger partial charge is 0.299 e. The van der Waals surface area contributed by atoms with Crippen LogP contribution in [0.1, 0.15) is 31.7 Å². The van der Waals surface area contributed by atoms with Gasteiger partial charge in [-0.2, -0.15) is 0 Å². The standard InChI is InChI=1S/C25H27FN4O/c1-2-25(31)30(22-12-14-29(15-13-22)18-19-6-4-3-5-7-19)24-17-27-16-23(28-24)20-8-10-21(26)11-9-20/h3-11,16-17,22H,2,12-15,18H2,1H3. The molecule has 1 fully saturated rings. The van der Waals surface area contributed by atoms with E-state index in [-0.39, 0.29) is 17.8 Å². The number of aromatic nitrogens is 2. The average Bonchev–Trinajstić information content (AvgIpc) is 2.81. The Balaban J connectivity index is 1.50. The topological polar surface area (TPSA) is 49.3 Å². The molecular weight excluding hydrogens is 391 g/mol. The van der Waals surface area contributed by atoms with E-state index in [1.54, 1.807) is 24.5 Å². The summed E-state index contributed by atoms with van der Waals surface area (Å²) >= 11 is 0. The van der Waals surface area contributed by atoms with Crippen LogP contribution in [0.2, 0.25) is 0 Å². The lowest BCUT2D eigenvalue weighted by Gasteiger charge is -2.38. The van der Waals surface area contributed by atoms with E-state index in [0.29, 0.717) is 17.9 Å². The summed E-state index contributed by atoms with van der Waals surface area (Å²) in [7, 11) is 0. The van der Waals surface area contributed by atoms with Gasteiger partial charge in [-0.1, -0.05) is 37.3 Å². The van der Waals surface area contributed by atoms with Crippen LogP contribution in [-0.4, -0.2) is 39.9 Å². The first-order valence-electron chi connectivity index (χ1n) is 10.8. The monoisotopic (exact) mass is 418 g/mol. The second-order valence-corrected chi connectivity index (χ2v) is 7.88. The summed E-state index contributed by atoms with van der Waals surface area (Å²) in [6, 6.07) is 16.7. The van der Waals surface area contributed by atoms with Crippen LogP contribution in [-0.2, 0) is 11.3 Å². The van der Waals surface area contributed by atoms with Crippen molar-refractivity contribution in [2.24, 2.45) is 0 Å². The third-order valence-electron chi connectivity index (χ3n) is 5.75. The molecular formula is C25H27FN4O. The highest BCUT2D eigenvalue weighted by Crippen LogP contribution is 2.26. The van der Waals surface area contributed by atoms with E-state index in [9.17, 15) is 9.18 Å². The van der Waals surface area contributed by atoms with Crippen molar-refractivity contribution in [3.05, 3.63) is 78.4 Å². The molecule has 6 heteroatoms. The fraction of sp³-hybridized carbons (Fsp3) is 0.320. The minimum atomic E-state index is -0.294. The number of anilines is 1. The van der Waals surface area contributed by atoms with Crippen LogP contribution in [0.4, 0.5) is 10.2 Å². The number of benzene rings is 2. The van der Waals surface area contributed by atoms with Gasteiger partial charge in [0.05, 0.1) is 18.1 Å². The number of hydrogen-bond acceptors (Lipinski definition) is 4. The molecule has 160 valence electrons. The molecule has 31 heavy (non-hydrogen) atoms. The smallest absolute Gasteiger partial charge is 0.228 e. The second-order valence-electron chi connectivity index (χ2n) is 7.88. The maximum atomic E-state index is 13.3. The van der Waals surface area contributed by atoms with Crippen LogP contribution in [0.3, 0.4) is 0 Å². The molecule has 3 aromatic rings. The number of carbonyl (C=O) groups is 1. The lowest BCUT2D eigenvalue weighted by molar-refractivity contribution is -0.119. The summed E-state index contributed by atoms with van der Waals surface area (Å²) in [5.41, 5.74) is 2.71. The van der Waals surface area contributed by atoms with Crippen molar-refractivity contribution >= 4 is 11.7 Å². The first-order chi connectivity index (χ1) is 15.1. The molecule has 2 aromatic carbocycles. The molecule has 0 aliphatic carbocycles. The molecule has 4 rings (SSSR count). The van der Waals surface area contributed by atoms with Crippen LogP contribution in [0.5, 0.6) is 0 Å². The Hall–Kier alpha value is -3.12. The summed E-state index contributed by atoms with van der Waals surface area (Å²) in [4.78, 5) is 26.2. The molecule has 1 saturated heterocycles. The zero-order valence-corrected chi connectivity index (χ0v) is 17.7. The van der Waals surface area contributed by atoms with Gasteiger partial charge in [-0.15, -0.1) is 0 Å². The molecule has 0 bridgehead atoms. The number of carbonyl (C=O) groups excluding carboxylic acids is 1. The quantitative estimate of drug-likeness (QED) is 0.583. The van der Waals surface area contributed by atoms with Gasteiger partial charge in [0.2, 0.25) is 5.91 Å². The lowest BCUT2D eigenvalue weighted by atomic mass is 10.0. The van der Waals surface area contributed by atoms with E-state index >= 15 is 0 Å². The van der Waals surface area contributed by atoms with Crippen molar-refractivity contribution in [1.29, 1.82) is 0 Å². The highest BCUT2D eigenvalue weighted by molar-refractivity contribution is 5.93. The van der Waals surface area contributed by atoms with Crippen molar-refractivity contribution in [2.45, 2.75) is 38.8 Å². The molecule has 0 radical (unpaired) electrons. The van der Waals surface area contributed by atoms with E-state index in [1.807, 2.05) is 17.9 Å². The fourth-order valence-electron chi connectivity index (χ4n) is 4.10. The van der Waals surface area contributed by atoms with Gasteiger partial charge < -0.3 is 0 Å². The van der Waals surface area contributed by atoms with E-state index in [1.165, 1.54) is 17.7 Å². The molecule has 1 amide bonds.